The molecule has 43 heavy (non-hydrogen) atoms. The summed E-state index contributed by atoms with van der Waals surface area (Å²) in [6.45, 7) is 7.11. The second-order valence-electron chi connectivity index (χ2n) is 11.0. The van der Waals surface area contributed by atoms with E-state index in [-0.39, 0.29) is 28.0 Å². The van der Waals surface area contributed by atoms with Crippen LogP contribution in [0.3, 0.4) is 0 Å². The van der Waals surface area contributed by atoms with E-state index in [2.05, 4.69) is 25.2 Å². The zero-order chi connectivity index (χ0) is 31.1. The van der Waals surface area contributed by atoms with E-state index in [1.54, 1.807) is 23.9 Å². The van der Waals surface area contributed by atoms with Crippen LogP contribution >= 0.6 is 11.6 Å². The van der Waals surface area contributed by atoms with Gasteiger partial charge in [0.1, 0.15) is 5.15 Å². The number of pyridine rings is 1. The molecule has 2 N–H and O–H groups in total. The van der Waals surface area contributed by atoms with Crippen molar-refractivity contribution >= 4 is 50.1 Å². The highest BCUT2D eigenvalue weighted by Crippen LogP contribution is 2.31. The maximum absolute atomic E-state index is 13.6. The van der Waals surface area contributed by atoms with Crippen molar-refractivity contribution < 1.29 is 13.2 Å². The van der Waals surface area contributed by atoms with Gasteiger partial charge in [-0.05, 0) is 57.4 Å². The number of sulfonamides is 1. The first kappa shape index (κ1) is 30.4. The van der Waals surface area contributed by atoms with Crippen molar-refractivity contribution in [2.75, 3.05) is 29.6 Å². The monoisotopic (exact) mass is 624 g/mol. The highest BCUT2D eigenvalue weighted by Gasteiger charge is 2.26. The summed E-state index contributed by atoms with van der Waals surface area (Å²) in [4.78, 5) is 46.5. The minimum Gasteiger partial charge on any atom is -0.377 e. The lowest BCUT2D eigenvalue weighted by molar-refractivity contribution is 0.0977. The predicted molar refractivity (Wildman–Crippen MR) is 166 cm³/mol. The minimum atomic E-state index is -3.83. The Bertz CT molecular complexity index is 1890. The Hall–Kier alpha value is -4.10. The van der Waals surface area contributed by atoms with Crippen LogP contribution in [0.15, 0.2) is 41.5 Å². The molecule has 5 rings (SSSR count). The number of piperidine rings is 1. The van der Waals surface area contributed by atoms with E-state index in [0.717, 1.165) is 41.6 Å². The number of aryl methyl sites for hydroxylation is 2. The van der Waals surface area contributed by atoms with Crippen LogP contribution in [-0.2, 0) is 17.1 Å². The minimum absolute atomic E-state index is 0.0332. The Labute approximate surface area is 254 Å². The smallest absolute Gasteiger partial charge is 0.285 e. The first-order valence-corrected chi connectivity index (χ1v) is 16.1. The van der Waals surface area contributed by atoms with Crippen molar-refractivity contribution in [3.63, 3.8) is 0 Å². The molecule has 12 nitrogen and oxygen atoms in total. The lowest BCUT2D eigenvalue weighted by Crippen LogP contribution is -2.38. The molecule has 1 atom stereocenters. The van der Waals surface area contributed by atoms with Crippen LogP contribution in [0.2, 0.25) is 5.15 Å². The summed E-state index contributed by atoms with van der Waals surface area (Å²) < 4.78 is 26.9. The second kappa shape index (κ2) is 11.9. The number of aromatic nitrogens is 5. The first-order valence-electron chi connectivity index (χ1n) is 13.8. The number of fused-ring (bicyclic) bond motifs is 1. The fourth-order valence-corrected chi connectivity index (χ4v) is 6.04. The molecule has 1 fully saturated rings. The Morgan fingerprint density at radius 1 is 1.09 bits per heavy atom. The molecule has 4 heterocycles. The molecular formula is C29H33ClN8O4S. The van der Waals surface area contributed by atoms with Gasteiger partial charge < -0.3 is 10.2 Å². The standard InChI is InChI=1S/C29H33ClN8O4S/c1-16-12-20(18(3)33-22-6-7-24(30)34-26(22)27(39)36-43(5,41)42)25-21(13-16)28(40)37(4)29(35-25)38-10-8-19(9-11-38)23-15-31-14-17(2)32-23/h6-7,12-15,18-19,33H,8-11H2,1-5H3,(H,36,39)/t18-/m1/s1. The van der Waals surface area contributed by atoms with Gasteiger partial charge in [0.05, 0.1) is 40.3 Å². The normalized spacial score (nSPS) is 15.0. The van der Waals surface area contributed by atoms with Crippen LogP contribution in [0.1, 0.15) is 64.7 Å². The predicted octanol–water partition coefficient (Wildman–Crippen LogP) is 3.64. The Morgan fingerprint density at radius 3 is 2.49 bits per heavy atom. The van der Waals surface area contributed by atoms with E-state index in [1.807, 2.05) is 43.8 Å². The number of rotatable bonds is 7. The number of hydrogen-bond donors (Lipinski definition) is 2. The number of halogens is 1. The third-order valence-corrected chi connectivity index (χ3v) is 8.26. The quantitative estimate of drug-likeness (QED) is 0.292. The van der Waals surface area contributed by atoms with Gasteiger partial charge in [0.15, 0.2) is 5.69 Å². The van der Waals surface area contributed by atoms with Crippen molar-refractivity contribution in [3.05, 3.63) is 80.4 Å². The van der Waals surface area contributed by atoms with Crippen LogP contribution in [0, 0.1) is 13.8 Å². The lowest BCUT2D eigenvalue weighted by atomic mass is 9.94. The number of nitrogens with one attached hydrogen (secondary N) is 2. The van der Waals surface area contributed by atoms with Crippen LogP contribution in [0.25, 0.3) is 10.9 Å². The molecule has 226 valence electrons. The third kappa shape index (κ3) is 6.62. The maximum atomic E-state index is 13.6. The molecule has 1 aliphatic heterocycles. The van der Waals surface area contributed by atoms with Gasteiger partial charge in [0, 0.05) is 44.0 Å². The highest BCUT2D eigenvalue weighted by atomic mass is 35.5. The molecule has 1 saturated heterocycles. The molecule has 14 heteroatoms. The summed E-state index contributed by atoms with van der Waals surface area (Å²) in [6.07, 6.45) is 6.16. The van der Waals surface area contributed by atoms with E-state index in [4.69, 9.17) is 16.6 Å². The lowest BCUT2D eigenvalue weighted by Gasteiger charge is -2.33. The zero-order valence-corrected chi connectivity index (χ0v) is 26.1. The average molecular weight is 625 g/mol. The van der Waals surface area contributed by atoms with Gasteiger partial charge in [0.2, 0.25) is 16.0 Å². The van der Waals surface area contributed by atoms with Crippen LogP contribution in [-0.4, -0.2) is 58.2 Å². The van der Waals surface area contributed by atoms with Crippen molar-refractivity contribution in [1.29, 1.82) is 0 Å². The average Bonchev–Trinajstić information content (AvgIpc) is 2.95. The van der Waals surface area contributed by atoms with E-state index in [9.17, 15) is 18.0 Å². The molecule has 1 amide bonds. The first-order chi connectivity index (χ1) is 20.3. The number of carbonyl (C=O) groups excluding carboxylic acids is 1. The van der Waals surface area contributed by atoms with Gasteiger partial charge >= 0.3 is 0 Å². The van der Waals surface area contributed by atoms with Gasteiger partial charge in [-0.2, -0.15) is 0 Å². The summed E-state index contributed by atoms with van der Waals surface area (Å²) in [7, 11) is -2.10. The van der Waals surface area contributed by atoms with E-state index in [0.29, 0.717) is 29.9 Å². The summed E-state index contributed by atoms with van der Waals surface area (Å²) in [6, 6.07) is 6.37. The van der Waals surface area contributed by atoms with Crippen LogP contribution in [0.4, 0.5) is 11.6 Å². The topological polar surface area (TPSA) is 152 Å². The van der Waals surface area contributed by atoms with Gasteiger partial charge in [-0.3, -0.25) is 24.1 Å². The second-order valence-corrected chi connectivity index (χ2v) is 13.1. The molecule has 0 radical (unpaired) electrons. The van der Waals surface area contributed by atoms with E-state index < -0.39 is 22.0 Å². The van der Waals surface area contributed by atoms with Crippen molar-refractivity contribution in [3.8, 4) is 0 Å². The number of amides is 1. The van der Waals surface area contributed by atoms with Gasteiger partial charge in [0.25, 0.3) is 11.5 Å². The molecule has 0 unspecified atom stereocenters. The number of nitrogens with zero attached hydrogens (tertiary/aromatic N) is 6. The van der Waals surface area contributed by atoms with E-state index >= 15 is 0 Å². The highest BCUT2D eigenvalue weighted by molar-refractivity contribution is 7.89. The number of benzene rings is 1. The number of anilines is 2. The zero-order valence-electron chi connectivity index (χ0n) is 24.5. The Kier molecular flexibility index (Phi) is 8.39. The van der Waals surface area contributed by atoms with Gasteiger partial charge in [-0.15, -0.1) is 0 Å². The maximum Gasteiger partial charge on any atom is 0.285 e. The van der Waals surface area contributed by atoms with E-state index in [1.165, 1.54) is 6.07 Å². The number of hydrogen-bond acceptors (Lipinski definition) is 10. The van der Waals surface area contributed by atoms with Crippen molar-refractivity contribution in [2.24, 2.45) is 7.05 Å². The molecule has 1 aliphatic rings. The van der Waals surface area contributed by atoms with Crippen molar-refractivity contribution in [1.82, 2.24) is 29.2 Å². The molecule has 3 aromatic heterocycles. The Morgan fingerprint density at radius 2 is 1.81 bits per heavy atom. The van der Waals surface area contributed by atoms with Crippen molar-refractivity contribution in [2.45, 2.75) is 45.6 Å². The SMILES string of the molecule is Cc1cc([C@@H](C)Nc2ccc(Cl)nc2C(=O)NS(C)(=O)=O)c2nc(N3CCC(c4cncc(C)n4)CC3)n(C)c(=O)c2c1. The molecule has 0 spiro atoms. The summed E-state index contributed by atoms with van der Waals surface area (Å²) in [5.74, 6) is -0.0567. The molecule has 0 aliphatic carbocycles. The van der Waals surface area contributed by atoms with Crippen LogP contribution in [0.5, 0.6) is 0 Å². The van der Waals surface area contributed by atoms with Gasteiger partial charge in [-0.25, -0.2) is 23.1 Å². The van der Waals surface area contributed by atoms with Gasteiger partial charge in [-0.1, -0.05) is 17.7 Å². The van der Waals surface area contributed by atoms with Crippen LogP contribution < -0.4 is 20.5 Å². The molecule has 0 bridgehead atoms. The molecule has 1 aromatic carbocycles. The summed E-state index contributed by atoms with van der Waals surface area (Å²) in [5.41, 5.74) is 3.96. The number of carbonyl (C=O) groups is 1. The molecular weight excluding hydrogens is 592 g/mol. The fourth-order valence-electron chi connectivity index (χ4n) is 5.46. The molecule has 4 aromatic rings. The fraction of sp³-hybridized carbons (Fsp3) is 0.379. The Balaban J connectivity index is 1.48. The largest absolute Gasteiger partial charge is 0.377 e. The summed E-state index contributed by atoms with van der Waals surface area (Å²) in [5, 5.41) is 3.76. The molecule has 0 saturated carbocycles. The third-order valence-electron chi connectivity index (χ3n) is 7.49. The summed E-state index contributed by atoms with van der Waals surface area (Å²) >= 11 is 6.03.